The Balaban J connectivity index is 2.05. The number of hydrogen-bond acceptors (Lipinski definition) is 5. The van der Waals surface area contributed by atoms with Gasteiger partial charge in [-0.05, 0) is 35.2 Å². The number of benzene rings is 3. The maximum Gasteiger partial charge on any atom is 0.339 e. The van der Waals surface area contributed by atoms with Crippen molar-refractivity contribution >= 4 is 23.6 Å². The predicted molar refractivity (Wildman–Crippen MR) is 125 cm³/mol. The zero-order chi connectivity index (χ0) is 24.3. The third-order valence-corrected chi connectivity index (χ3v) is 5.11. The van der Waals surface area contributed by atoms with Gasteiger partial charge >= 0.3 is 5.97 Å². The van der Waals surface area contributed by atoms with Crippen LogP contribution in [0, 0.1) is 0 Å². The minimum atomic E-state index is -1.32. The summed E-state index contributed by atoms with van der Waals surface area (Å²) in [6.07, 6.45) is 1.50. The number of carboxylic acids is 1. The van der Waals surface area contributed by atoms with Crippen molar-refractivity contribution < 1.29 is 29.3 Å². The molecule has 0 aromatic heterocycles. The highest BCUT2D eigenvalue weighted by atomic mass is 16.5. The minimum absolute atomic E-state index is 0.0311. The Labute approximate surface area is 191 Å². The van der Waals surface area contributed by atoms with Crippen LogP contribution in [0.1, 0.15) is 63.0 Å². The largest absolute Gasteiger partial charge is 0.507 e. The number of hydrogen-bond donors (Lipinski definition) is 2. The van der Waals surface area contributed by atoms with Gasteiger partial charge in [0.2, 0.25) is 11.6 Å². The first-order chi connectivity index (χ1) is 15.5. The quantitative estimate of drug-likeness (QED) is 0.348. The number of phenols is 1. The SMILES string of the molecule is C=Cc1ccccc1C(=O)C(=O)c1ccccc1Oc1cc(C(=O)O)c(O)c(C(C)(C)C)c1. The molecule has 33 heavy (non-hydrogen) atoms. The van der Waals surface area contributed by atoms with Gasteiger partial charge in [0.25, 0.3) is 0 Å². The van der Waals surface area contributed by atoms with Crippen molar-refractivity contribution in [2.45, 2.75) is 26.2 Å². The number of para-hydroxylation sites is 1. The van der Waals surface area contributed by atoms with Gasteiger partial charge in [-0.25, -0.2) is 4.79 Å². The lowest BCUT2D eigenvalue weighted by molar-refractivity contribution is 0.0692. The highest BCUT2D eigenvalue weighted by Crippen LogP contribution is 2.38. The molecule has 6 nitrogen and oxygen atoms in total. The van der Waals surface area contributed by atoms with Gasteiger partial charge in [-0.15, -0.1) is 0 Å². The summed E-state index contributed by atoms with van der Waals surface area (Å²) in [6.45, 7) is 9.15. The molecule has 0 amide bonds. The Morgan fingerprint density at radius 3 is 2.06 bits per heavy atom. The summed E-state index contributed by atoms with van der Waals surface area (Å²) < 4.78 is 5.89. The fourth-order valence-corrected chi connectivity index (χ4v) is 3.40. The highest BCUT2D eigenvalue weighted by molar-refractivity contribution is 6.50. The number of ether oxygens (including phenoxy) is 1. The first kappa shape index (κ1) is 23.5. The van der Waals surface area contributed by atoms with Crippen molar-refractivity contribution in [2.24, 2.45) is 0 Å². The number of carbonyl (C=O) groups is 3. The van der Waals surface area contributed by atoms with E-state index in [0.717, 1.165) is 0 Å². The third kappa shape index (κ3) is 4.85. The predicted octanol–water partition coefficient (Wildman–Crippen LogP) is 5.89. The fraction of sp³-hybridized carbons (Fsp3) is 0.148. The molecular weight excluding hydrogens is 420 g/mol. The van der Waals surface area contributed by atoms with Gasteiger partial charge in [-0.1, -0.05) is 69.8 Å². The van der Waals surface area contributed by atoms with Crippen LogP contribution in [0.25, 0.3) is 6.08 Å². The van der Waals surface area contributed by atoms with E-state index in [1.54, 1.807) is 36.4 Å². The van der Waals surface area contributed by atoms with Crippen molar-refractivity contribution in [3.63, 3.8) is 0 Å². The lowest BCUT2D eigenvalue weighted by Gasteiger charge is -2.22. The molecule has 0 fully saturated rings. The van der Waals surface area contributed by atoms with Crippen LogP contribution < -0.4 is 4.74 Å². The molecule has 0 saturated carbocycles. The summed E-state index contributed by atoms with van der Waals surface area (Å²) in [7, 11) is 0. The molecule has 0 atom stereocenters. The van der Waals surface area contributed by atoms with Gasteiger partial charge in [0, 0.05) is 11.1 Å². The summed E-state index contributed by atoms with van der Waals surface area (Å²) in [5.74, 6) is -2.93. The van der Waals surface area contributed by atoms with Crippen molar-refractivity contribution in [1.82, 2.24) is 0 Å². The number of aromatic hydroxyl groups is 1. The Morgan fingerprint density at radius 1 is 0.879 bits per heavy atom. The summed E-state index contributed by atoms with van der Waals surface area (Å²) >= 11 is 0. The monoisotopic (exact) mass is 444 g/mol. The number of rotatable bonds is 7. The lowest BCUT2D eigenvalue weighted by Crippen LogP contribution is -2.16. The smallest absolute Gasteiger partial charge is 0.339 e. The van der Waals surface area contributed by atoms with Crippen molar-refractivity contribution in [1.29, 1.82) is 0 Å². The van der Waals surface area contributed by atoms with Gasteiger partial charge < -0.3 is 14.9 Å². The second-order valence-corrected chi connectivity index (χ2v) is 8.47. The molecule has 0 unspecified atom stereocenters. The van der Waals surface area contributed by atoms with E-state index in [0.29, 0.717) is 11.1 Å². The van der Waals surface area contributed by atoms with E-state index in [2.05, 4.69) is 6.58 Å². The average Bonchev–Trinajstić information content (AvgIpc) is 2.78. The van der Waals surface area contributed by atoms with E-state index in [1.807, 2.05) is 20.8 Å². The van der Waals surface area contributed by atoms with Crippen LogP contribution in [-0.4, -0.2) is 27.7 Å². The molecule has 168 valence electrons. The zero-order valence-electron chi connectivity index (χ0n) is 18.6. The van der Waals surface area contributed by atoms with E-state index in [1.165, 1.54) is 30.3 Å². The number of carbonyl (C=O) groups excluding carboxylic acids is 2. The van der Waals surface area contributed by atoms with Crippen LogP contribution in [0.4, 0.5) is 0 Å². The van der Waals surface area contributed by atoms with Gasteiger partial charge in [-0.2, -0.15) is 0 Å². The first-order valence-electron chi connectivity index (χ1n) is 10.2. The summed E-state index contributed by atoms with van der Waals surface area (Å²) in [5.41, 5.74) is 0.264. The molecule has 6 heteroatoms. The Hall–Kier alpha value is -4.19. The molecule has 0 bridgehead atoms. The number of ketones is 2. The normalized spacial score (nSPS) is 11.0. The molecule has 0 aliphatic heterocycles. The standard InChI is InChI=1S/C27H24O6/c1-5-16-10-6-7-11-18(16)24(29)25(30)19-12-8-9-13-22(19)33-17-14-20(26(31)32)23(28)21(15-17)27(2,3)4/h5-15,28H,1H2,2-4H3,(H,31,32). The number of aromatic carboxylic acids is 1. The molecular formula is C27H24O6. The molecule has 3 rings (SSSR count). The average molecular weight is 444 g/mol. The molecule has 0 heterocycles. The molecule has 0 aliphatic rings. The molecule has 3 aromatic rings. The summed E-state index contributed by atoms with van der Waals surface area (Å²) in [6, 6.07) is 15.6. The van der Waals surface area contributed by atoms with Crippen LogP contribution in [0.3, 0.4) is 0 Å². The Kier molecular flexibility index (Phi) is 6.49. The summed E-state index contributed by atoms with van der Waals surface area (Å²) in [4.78, 5) is 37.7. The topological polar surface area (TPSA) is 101 Å². The first-order valence-corrected chi connectivity index (χ1v) is 10.2. The van der Waals surface area contributed by atoms with Gasteiger partial charge in [-0.3, -0.25) is 9.59 Å². The van der Waals surface area contributed by atoms with Crippen LogP contribution in [0.2, 0.25) is 0 Å². The van der Waals surface area contributed by atoms with Crippen molar-refractivity contribution in [3.8, 4) is 17.2 Å². The maximum absolute atomic E-state index is 13.1. The van der Waals surface area contributed by atoms with E-state index < -0.39 is 23.0 Å². The molecule has 0 aliphatic carbocycles. The zero-order valence-corrected chi connectivity index (χ0v) is 18.6. The minimum Gasteiger partial charge on any atom is -0.507 e. The lowest BCUT2D eigenvalue weighted by atomic mass is 9.85. The van der Waals surface area contributed by atoms with E-state index in [4.69, 9.17) is 4.74 Å². The van der Waals surface area contributed by atoms with Gasteiger partial charge in [0.05, 0.1) is 5.56 Å². The van der Waals surface area contributed by atoms with E-state index >= 15 is 0 Å². The van der Waals surface area contributed by atoms with E-state index in [9.17, 15) is 24.6 Å². The molecule has 0 radical (unpaired) electrons. The van der Waals surface area contributed by atoms with E-state index in [-0.39, 0.29) is 33.9 Å². The molecule has 3 aromatic carbocycles. The summed E-state index contributed by atoms with van der Waals surface area (Å²) in [5, 5.41) is 19.9. The molecule has 0 spiro atoms. The molecule has 2 N–H and O–H groups in total. The van der Waals surface area contributed by atoms with Gasteiger partial charge in [0.1, 0.15) is 22.8 Å². The van der Waals surface area contributed by atoms with Crippen LogP contribution in [0.15, 0.2) is 67.2 Å². The van der Waals surface area contributed by atoms with Crippen molar-refractivity contribution in [3.05, 3.63) is 95.1 Å². The van der Waals surface area contributed by atoms with Gasteiger partial charge in [0.15, 0.2) is 0 Å². The molecule has 0 saturated heterocycles. The van der Waals surface area contributed by atoms with Crippen LogP contribution in [-0.2, 0) is 5.41 Å². The Morgan fingerprint density at radius 2 is 1.45 bits per heavy atom. The Bertz CT molecular complexity index is 1260. The maximum atomic E-state index is 13.1. The van der Waals surface area contributed by atoms with Crippen LogP contribution in [0.5, 0.6) is 17.2 Å². The van der Waals surface area contributed by atoms with Crippen LogP contribution >= 0.6 is 0 Å². The third-order valence-electron chi connectivity index (χ3n) is 5.11. The number of carboxylic acid groups (broad SMARTS) is 1. The fourth-order valence-electron chi connectivity index (χ4n) is 3.40. The second-order valence-electron chi connectivity index (χ2n) is 8.47. The highest BCUT2D eigenvalue weighted by Gasteiger charge is 2.26. The number of Topliss-reactive ketones (excluding diaryl/α,β-unsaturated/α-hetero) is 2. The van der Waals surface area contributed by atoms with Crippen molar-refractivity contribution in [2.75, 3.05) is 0 Å². The second kappa shape index (κ2) is 9.12.